The maximum atomic E-state index is 6.40. The van der Waals surface area contributed by atoms with Gasteiger partial charge >= 0.3 is 0 Å². The molecule has 0 amide bonds. The molecule has 0 N–H and O–H groups in total. The fourth-order valence-corrected chi connectivity index (χ4v) is 5.64. The summed E-state index contributed by atoms with van der Waals surface area (Å²) in [4.78, 5) is 14.2. The Balaban J connectivity index is 1.54. The van der Waals surface area contributed by atoms with E-state index in [0.717, 1.165) is 32.2 Å². The molecule has 6 nitrogen and oxygen atoms in total. The molecule has 5 fully saturated rings. The Morgan fingerprint density at radius 3 is 2.65 bits per heavy atom. The normalized spacial score (nSPS) is 50.5. The van der Waals surface area contributed by atoms with Crippen LogP contribution in [-0.4, -0.2) is 56.1 Å². The van der Waals surface area contributed by atoms with Crippen molar-refractivity contribution in [1.29, 1.82) is 0 Å². The lowest BCUT2D eigenvalue weighted by molar-refractivity contribution is -0.577. The van der Waals surface area contributed by atoms with E-state index in [-0.39, 0.29) is 12.2 Å². The molecule has 4 aliphatic heterocycles. The number of ether oxygens (including phenoxy) is 3. The minimum absolute atomic E-state index is 0.238. The van der Waals surface area contributed by atoms with Gasteiger partial charge in [0.15, 0.2) is 18.2 Å². The van der Waals surface area contributed by atoms with Crippen LogP contribution in [0.1, 0.15) is 52.9 Å². The molecule has 26 heavy (non-hydrogen) atoms. The summed E-state index contributed by atoms with van der Waals surface area (Å²) in [7, 11) is 4.17. The second-order valence-electron chi connectivity index (χ2n) is 9.30. The molecule has 4 saturated heterocycles. The molecule has 1 saturated carbocycles. The van der Waals surface area contributed by atoms with Crippen molar-refractivity contribution in [2.45, 2.75) is 76.8 Å². The van der Waals surface area contributed by atoms with E-state index in [1.165, 1.54) is 6.42 Å². The van der Waals surface area contributed by atoms with Gasteiger partial charge in [0.05, 0.1) is 6.61 Å². The topological polar surface area (TPSA) is 49.4 Å². The Morgan fingerprint density at radius 2 is 1.88 bits per heavy atom. The van der Waals surface area contributed by atoms with Crippen LogP contribution in [-0.2, 0) is 24.0 Å². The monoisotopic (exact) mass is 369 g/mol. The van der Waals surface area contributed by atoms with Gasteiger partial charge in [0, 0.05) is 18.3 Å². The zero-order valence-electron chi connectivity index (χ0n) is 16.9. The highest BCUT2D eigenvalue weighted by atomic mass is 17.3. The summed E-state index contributed by atoms with van der Waals surface area (Å²) in [5, 5.41) is 0. The molecular weight excluding hydrogens is 334 g/mol. The highest BCUT2D eigenvalue weighted by Crippen LogP contribution is 2.60. The fourth-order valence-electron chi connectivity index (χ4n) is 5.64. The molecule has 2 bridgehead atoms. The largest absolute Gasteiger partial charge is 0.352 e. The lowest BCUT2D eigenvalue weighted by Crippen LogP contribution is -2.70. The summed E-state index contributed by atoms with van der Waals surface area (Å²) < 4.78 is 18.9. The van der Waals surface area contributed by atoms with E-state index in [2.05, 4.69) is 32.8 Å². The summed E-state index contributed by atoms with van der Waals surface area (Å²) in [5.74, 6) is 0.884. The van der Waals surface area contributed by atoms with Crippen LogP contribution in [0, 0.1) is 23.7 Å². The molecule has 4 heterocycles. The number of fused-ring (bicyclic) bond motifs is 2. The van der Waals surface area contributed by atoms with Crippen LogP contribution in [0.15, 0.2) is 0 Å². The number of rotatable bonds is 5. The molecule has 3 unspecified atom stereocenters. The summed E-state index contributed by atoms with van der Waals surface area (Å²) >= 11 is 0. The summed E-state index contributed by atoms with van der Waals surface area (Å²) in [6, 6.07) is 0. The Kier molecular flexibility index (Phi) is 5.12. The van der Waals surface area contributed by atoms with Gasteiger partial charge in [-0.25, -0.2) is 9.78 Å². The van der Waals surface area contributed by atoms with Crippen LogP contribution in [0.4, 0.5) is 0 Å². The Hall–Kier alpha value is -0.240. The predicted octanol–water partition coefficient (Wildman–Crippen LogP) is 3.16. The van der Waals surface area contributed by atoms with Gasteiger partial charge in [-0.1, -0.05) is 13.8 Å². The Bertz CT molecular complexity index is 516. The molecular formula is C20H35NO5. The lowest BCUT2D eigenvalue weighted by Gasteiger charge is -2.60. The van der Waals surface area contributed by atoms with Crippen molar-refractivity contribution in [3.63, 3.8) is 0 Å². The van der Waals surface area contributed by atoms with Gasteiger partial charge in [0.25, 0.3) is 0 Å². The number of hydrogen-bond donors (Lipinski definition) is 0. The summed E-state index contributed by atoms with van der Waals surface area (Å²) in [5.41, 5.74) is -0.489. The average Bonchev–Trinajstić information content (AvgIpc) is 2.82. The fraction of sp³-hybridized carbons (Fsp3) is 1.00. The quantitative estimate of drug-likeness (QED) is 0.548. The van der Waals surface area contributed by atoms with E-state index in [9.17, 15) is 0 Å². The van der Waals surface area contributed by atoms with Crippen molar-refractivity contribution in [2.24, 2.45) is 23.7 Å². The van der Waals surface area contributed by atoms with Crippen molar-refractivity contribution in [3.8, 4) is 0 Å². The van der Waals surface area contributed by atoms with Gasteiger partial charge < -0.3 is 19.1 Å². The maximum absolute atomic E-state index is 6.40. The lowest BCUT2D eigenvalue weighted by atomic mass is 9.58. The summed E-state index contributed by atoms with van der Waals surface area (Å²) in [6.07, 6.45) is 4.60. The number of hydrogen-bond acceptors (Lipinski definition) is 6. The third-order valence-corrected chi connectivity index (χ3v) is 7.13. The Morgan fingerprint density at radius 1 is 1.08 bits per heavy atom. The first-order valence-electron chi connectivity index (χ1n) is 10.3. The second kappa shape index (κ2) is 6.98. The molecule has 1 aliphatic carbocycles. The van der Waals surface area contributed by atoms with E-state index in [4.69, 9.17) is 24.0 Å². The second-order valence-corrected chi connectivity index (χ2v) is 9.30. The van der Waals surface area contributed by atoms with Crippen LogP contribution >= 0.6 is 0 Å². The Labute approximate surface area is 157 Å². The van der Waals surface area contributed by atoms with Gasteiger partial charge in [-0.15, -0.1) is 0 Å². The zero-order chi connectivity index (χ0) is 18.5. The van der Waals surface area contributed by atoms with Crippen molar-refractivity contribution in [2.75, 3.05) is 27.2 Å². The van der Waals surface area contributed by atoms with Crippen LogP contribution < -0.4 is 0 Å². The van der Waals surface area contributed by atoms with E-state index in [1.54, 1.807) is 0 Å². The molecule has 6 heteroatoms. The first-order valence-corrected chi connectivity index (χ1v) is 10.3. The van der Waals surface area contributed by atoms with Crippen LogP contribution in [0.5, 0.6) is 0 Å². The summed E-state index contributed by atoms with van der Waals surface area (Å²) in [6.45, 7) is 8.26. The molecule has 1 spiro atoms. The molecule has 0 aromatic heterocycles. The zero-order valence-corrected chi connectivity index (χ0v) is 16.9. The van der Waals surface area contributed by atoms with Crippen molar-refractivity contribution in [3.05, 3.63) is 0 Å². The molecule has 0 aromatic carbocycles. The highest BCUT2D eigenvalue weighted by Gasteiger charge is 2.69. The molecule has 150 valence electrons. The van der Waals surface area contributed by atoms with Gasteiger partial charge in [0.2, 0.25) is 5.79 Å². The molecule has 5 rings (SSSR count). The van der Waals surface area contributed by atoms with E-state index in [0.29, 0.717) is 24.4 Å². The first kappa shape index (κ1) is 19.1. The van der Waals surface area contributed by atoms with E-state index >= 15 is 0 Å². The first-order chi connectivity index (χ1) is 12.4. The van der Waals surface area contributed by atoms with Crippen molar-refractivity contribution < 1.29 is 24.0 Å². The van der Waals surface area contributed by atoms with Crippen molar-refractivity contribution in [1.82, 2.24) is 4.90 Å². The molecule has 0 radical (unpaired) electrons. The van der Waals surface area contributed by atoms with Crippen molar-refractivity contribution >= 4 is 0 Å². The SMILES string of the molecule is C[C@H]1C(OCCCN(C)C)O[C@@H]2O[C@@]3(C)CCC4[C@H](C)CCC1[C@]42OO3. The van der Waals surface area contributed by atoms with Gasteiger partial charge in [-0.05, 0) is 65.1 Å². The number of nitrogens with zero attached hydrogens (tertiary/aromatic N) is 1. The van der Waals surface area contributed by atoms with Crippen LogP contribution in [0.2, 0.25) is 0 Å². The minimum atomic E-state index is -0.715. The van der Waals surface area contributed by atoms with Crippen LogP contribution in [0.25, 0.3) is 0 Å². The molecule has 0 aromatic rings. The van der Waals surface area contributed by atoms with Gasteiger partial charge in [0.1, 0.15) is 0 Å². The molecule has 8 atom stereocenters. The standard InChI is InChI=1S/C20H35NO5/c1-13-7-8-16-14(2)17(22-12-6-11-21(4)5)23-18-20(16)15(13)9-10-19(3,24-18)25-26-20/h13-18H,6-12H2,1-5H3/t13-,14-,15?,16?,17?,18-,19-,20-/m1/s1. The predicted molar refractivity (Wildman–Crippen MR) is 96.0 cm³/mol. The van der Waals surface area contributed by atoms with Gasteiger partial charge in [-0.3, -0.25) is 0 Å². The minimum Gasteiger partial charge on any atom is -0.352 e. The highest BCUT2D eigenvalue weighted by molar-refractivity contribution is 5.09. The van der Waals surface area contributed by atoms with Crippen LogP contribution in [0.3, 0.4) is 0 Å². The molecule has 5 aliphatic rings. The van der Waals surface area contributed by atoms with Gasteiger partial charge in [-0.2, -0.15) is 0 Å². The maximum Gasteiger partial charge on any atom is 0.201 e. The average molecular weight is 370 g/mol. The van der Waals surface area contributed by atoms with E-state index < -0.39 is 17.7 Å². The smallest absolute Gasteiger partial charge is 0.201 e. The van der Waals surface area contributed by atoms with E-state index in [1.807, 2.05) is 6.92 Å². The third kappa shape index (κ3) is 3.03. The third-order valence-electron chi connectivity index (χ3n) is 7.13.